The van der Waals surface area contributed by atoms with E-state index in [4.69, 9.17) is 0 Å². The Balaban J connectivity index is -0.000000000833. The van der Waals surface area contributed by atoms with E-state index in [9.17, 15) is 0 Å². The van der Waals surface area contributed by atoms with Gasteiger partial charge in [0, 0.05) is 0 Å². The van der Waals surface area contributed by atoms with E-state index in [2.05, 4.69) is 27.7 Å². The summed E-state index contributed by atoms with van der Waals surface area (Å²) in [7, 11) is 4.49. The molecule has 0 aromatic heterocycles. The fraction of sp³-hybridized carbons (Fsp3) is 0. The molecule has 0 radical (unpaired) electrons. The predicted molar refractivity (Wildman–Crippen MR) is 25.9 cm³/mol. The monoisotopic (exact) mass is 209 g/mol. The molecule has 12 N–H and O–H groups in total. The van der Waals surface area contributed by atoms with Crippen molar-refractivity contribution in [2.75, 3.05) is 0 Å². The van der Waals surface area contributed by atoms with Crippen LogP contribution in [0.1, 0.15) is 0 Å². The molecule has 0 bridgehead atoms. The van der Waals surface area contributed by atoms with Crippen molar-refractivity contribution in [1.82, 2.24) is 24.6 Å². The standard InChI is InChI=1S/ClH.4H3N.Pd/h1H;4*1H3;/q;;;;;+1/p-1. The summed E-state index contributed by atoms with van der Waals surface area (Å²) in [5, 5.41) is 0. The summed E-state index contributed by atoms with van der Waals surface area (Å²) in [4.78, 5) is 0. The molecule has 0 atom stereocenters. The molecule has 0 unspecified atom stereocenters. The van der Waals surface area contributed by atoms with Crippen LogP contribution >= 0.6 is 9.53 Å². The molecule has 4 nitrogen and oxygen atoms in total. The topological polar surface area (TPSA) is 140 Å². The van der Waals surface area contributed by atoms with Gasteiger partial charge in [0.25, 0.3) is 0 Å². The Bertz CT molecular complexity index is 7.51. The third kappa shape index (κ3) is 110. The van der Waals surface area contributed by atoms with Gasteiger partial charge in [0.1, 0.15) is 0 Å². The molecule has 0 aliphatic carbocycles. The Morgan fingerprint density at radius 1 is 0.667 bits per heavy atom. The van der Waals surface area contributed by atoms with E-state index in [0.717, 1.165) is 0 Å². The van der Waals surface area contributed by atoms with Crippen LogP contribution in [0.4, 0.5) is 0 Å². The van der Waals surface area contributed by atoms with Crippen molar-refractivity contribution in [3.63, 3.8) is 0 Å². The molecule has 0 aromatic carbocycles. The van der Waals surface area contributed by atoms with Crippen LogP contribution in [0.5, 0.6) is 0 Å². The quantitative estimate of drug-likeness (QED) is 0.447. The summed E-state index contributed by atoms with van der Waals surface area (Å²) < 4.78 is 0. The maximum absolute atomic E-state index is 4.49. The van der Waals surface area contributed by atoms with Gasteiger partial charge in [-0.1, -0.05) is 0 Å². The molecule has 0 aromatic rings. The van der Waals surface area contributed by atoms with Gasteiger partial charge in [0.05, 0.1) is 0 Å². The fourth-order valence-electron chi connectivity index (χ4n) is 0. The average molecular weight is 210 g/mol. The van der Waals surface area contributed by atoms with Gasteiger partial charge in [-0.3, -0.25) is 0 Å². The van der Waals surface area contributed by atoms with E-state index in [0.29, 0.717) is 0 Å². The van der Waals surface area contributed by atoms with Gasteiger partial charge in [-0.15, -0.1) is 0 Å². The SMILES string of the molecule is N.N.N.N.[Cl][Pd]. The zero-order valence-corrected chi connectivity index (χ0v) is 5.83. The number of hydrogen-bond donors (Lipinski definition) is 4. The van der Waals surface area contributed by atoms with Crippen LogP contribution in [0, 0.1) is 0 Å². The minimum atomic E-state index is 0. The first-order chi connectivity index (χ1) is 1.00. The Kier molecular flexibility index (Phi) is 2510. The van der Waals surface area contributed by atoms with Crippen molar-refractivity contribution in [3.8, 4) is 0 Å². The summed E-state index contributed by atoms with van der Waals surface area (Å²) in [5.74, 6) is 0. The van der Waals surface area contributed by atoms with Crippen LogP contribution in [0.2, 0.25) is 0 Å². The van der Waals surface area contributed by atoms with Crippen LogP contribution in [-0.4, -0.2) is 0 Å². The summed E-state index contributed by atoms with van der Waals surface area (Å²) in [5.41, 5.74) is 0. The fourth-order valence-corrected chi connectivity index (χ4v) is 0. The normalized spacial score (nSPS) is 1.17. The molecule has 0 spiro atoms. The molecular formula is H12ClN4Pd. The van der Waals surface area contributed by atoms with E-state index in [1.165, 1.54) is 0 Å². The first-order valence-corrected chi connectivity index (χ1v) is 2.12. The van der Waals surface area contributed by atoms with E-state index in [1.54, 1.807) is 0 Å². The first kappa shape index (κ1) is 70.9. The van der Waals surface area contributed by atoms with Crippen molar-refractivity contribution in [2.24, 2.45) is 0 Å². The van der Waals surface area contributed by atoms with Crippen LogP contribution < -0.4 is 24.6 Å². The maximum atomic E-state index is 4.49. The molecule has 0 fully saturated rings. The van der Waals surface area contributed by atoms with Crippen molar-refractivity contribution in [3.05, 3.63) is 0 Å². The zero-order chi connectivity index (χ0) is 2.00. The number of hydrogen-bond acceptors (Lipinski definition) is 4. The summed E-state index contributed by atoms with van der Waals surface area (Å²) in [6, 6.07) is 0. The van der Waals surface area contributed by atoms with E-state index in [-0.39, 0.29) is 24.6 Å². The Morgan fingerprint density at radius 2 is 0.667 bits per heavy atom. The molecule has 6 heavy (non-hydrogen) atoms. The third-order valence-corrected chi connectivity index (χ3v) is 0. The Hall–Kier alpha value is 0.792. The number of halogens is 1. The molecule has 0 aliphatic rings. The average Bonchev–Trinajstić information content (AvgIpc) is 1.00. The van der Waals surface area contributed by atoms with Gasteiger partial charge in [-0.2, -0.15) is 0 Å². The van der Waals surface area contributed by atoms with Crippen molar-refractivity contribution in [1.29, 1.82) is 0 Å². The predicted octanol–water partition coefficient (Wildman–Crippen LogP) is 1.33. The second kappa shape index (κ2) is 212. The van der Waals surface area contributed by atoms with Crippen LogP contribution in [0.25, 0.3) is 0 Å². The van der Waals surface area contributed by atoms with Crippen molar-refractivity contribution in [2.45, 2.75) is 0 Å². The summed E-state index contributed by atoms with van der Waals surface area (Å²) >= 11 is 2.22. The molecule has 0 saturated heterocycles. The van der Waals surface area contributed by atoms with Gasteiger partial charge in [-0.25, -0.2) is 0 Å². The molecule has 0 amide bonds. The third-order valence-electron chi connectivity index (χ3n) is 0. The van der Waals surface area contributed by atoms with Crippen LogP contribution in [0.3, 0.4) is 0 Å². The van der Waals surface area contributed by atoms with Gasteiger partial charge in [-0.05, 0) is 0 Å². The second-order valence-electron chi connectivity index (χ2n) is 0. The Labute approximate surface area is 52.7 Å². The zero-order valence-electron chi connectivity index (χ0n) is 3.52. The molecule has 0 rings (SSSR count). The Morgan fingerprint density at radius 3 is 0.667 bits per heavy atom. The molecular weight excluding hydrogens is 198 g/mol. The molecule has 0 saturated carbocycles. The van der Waals surface area contributed by atoms with E-state index in [1.807, 2.05) is 0 Å². The summed E-state index contributed by atoms with van der Waals surface area (Å²) in [6.07, 6.45) is 0. The molecule has 0 aliphatic heterocycles. The van der Waals surface area contributed by atoms with E-state index < -0.39 is 0 Å². The number of rotatable bonds is 0. The van der Waals surface area contributed by atoms with Gasteiger partial charge < -0.3 is 24.6 Å². The van der Waals surface area contributed by atoms with Gasteiger partial charge in [0.2, 0.25) is 0 Å². The van der Waals surface area contributed by atoms with Crippen molar-refractivity contribution >= 4 is 9.53 Å². The minimum absolute atomic E-state index is 0. The molecule has 0 heterocycles. The van der Waals surface area contributed by atoms with Crippen molar-refractivity contribution < 1.29 is 18.2 Å². The molecule has 6 heteroatoms. The summed E-state index contributed by atoms with van der Waals surface area (Å²) in [6.45, 7) is 0. The first-order valence-electron chi connectivity index (χ1n) is 0.120. The van der Waals surface area contributed by atoms with E-state index >= 15 is 0 Å². The van der Waals surface area contributed by atoms with Crippen LogP contribution in [0.15, 0.2) is 0 Å². The van der Waals surface area contributed by atoms with Crippen LogP contribution in [-0.2, 0) is 18.2 Å². The van der Waals surface area contributed by atoms with Gasteiger partial charge in [0.15, 0.2) is 0 Å². The molecule has 49 valence electrons. The second-order valence-corrected chi connectivity index (χ2v) is 0. The van der Waals surface area contributed by atoms with Gasteiger partial charge >= 0.3 is 27.7 Å².